The molecule has 2 aromatic carbocycles. The monoisotopic (exact) mass is 352 g/mol. The predicted octanol–water partition coefficient (Wildman–Crippen LogP) is 1.49. The van der Waals surface area contributed by atoms with Crippen LogP contribution in [0.25, 0.3) is 0 Å². The minimum absolute atomic E-state index is 0.143. The number of aromatic hydroxyl groups is 2. The molecule has 6 nitrogen and oxygen atoms in total. The van der Waals surface area contributed by atoms with Crippen LogP contribution in [0.5, 0.6) is 11.5 Å². The zero-order valence-electron chi connectivity index (χ0n) is 13.9. The van der Waals surface area contributed by atoms with Crippen molar-refractivity contribution in [2.24, 2.45) is 0 Å². The highest BCUT2D eigenvalue weighted by Crippen LogP contribution is 2.54. The molecule has 0 saturated carbocycles. The number of rotatable bonds is 1. The van der Waals surface area contributed by atoms with E-state index in [-0.39, 0.29) is 52.7 Å². The quantitative estimate of drug-likeness (QED) is 0.452. The maximum absolute atomic E-state index is 12.9. The van der Waals surface area contributed by atoms with Gasteiger partial charge in [-0.2, -0.15) is 0 Å². The summed E-state index contributed by atoms with van der Waals surface area (Å²) in [6.45, 7) is 1.62. The molecule has 26 heavy (non-hydrogen) atoms. The molecule has 0 bridgehead atoms. The molecule has 0 radical (unpaired) electrons. The molecule has 3 N–H and O–H groups in total. The first-order chi connectivity index (χ1) is 12.4. The Hall–Kier alpha value is -2.70. The molecule has 0 aromatic heterocycles. The highest BCUT2D eigenvalue weighted by Gasteiger charge is 2.63. The zero-order valence-corrected chi connectivity index (χ0v) is 13.9. The van der Waals surface area contributed by atoms with Crippen LogP contribution in [0.3, 0.4) is 0 Å². The van der Waals surface area contributed by atoms with Crippen LogP contribution < -0.4 is 0 Å². The first kappa shape index (κ1) is 15.5. The van der Waals surface area contributed by atoms with Gasteiger partial charge in [-0.1, -0.05) is 24.3 Å². The lowest BCUT2D eigenvalue weighted by molar-refractivity contribution is 0.0889. The van der Waals surface area contributed by atoms with Crippen molar-refractivity contribution in [1.82, 2.24) is 0 Å². The summed E-state index contributed by atoms with van der Waals surface area (Å²) < 4.78 is 5.66. The summed E-state index contributed by atoms with van der Waals surface area (Å²) in [6.07, 6.45) is -0.576. The summed E-state index contributed by atoms with van der Waals surface area (Å²) >= 11 is 0. The van der Waals surface area contributed by atoms with Crippen LogP contribution in [0.15, 0.2) is 24.3 Å². The lowest BCUT2D eigenvalue weighted by Gasteiger charge is -2.28. The van der Waals surface area contributed by atoms with Crippen LogP contribution in [-0.2, 0) is 17.6 Å². The number of epoxide rings is 1. The molecule has 6 heteroatoms. The molecule has 5 rings (SSSR count). The van der Waals surface area contributed by atoms with Crippen molar-refractivity contribution in [3.63, 3.8) is 0 Å². The third-order valence-electron chi connectivity index (χ3n) is 5.93. The molecule has 2 aliphatic carbocycles. The third-order valence-corrected chi connectivity index (χ3v) is 5.93. The van der Waals surface area contributed by atoms with Gasteiger partial charge in [-0.3, -0.25) is 9.59 Å². The molecule has 0 spiro atoms. The van der Waals surface area contributed by atoms with Crippen LogP contribution in [0.4, 0.5) is 0 Å². The number of carbonyl (C=O) groups excluding carboxylic acids is 2. The van der Waals surface area contributed by atoms with Gasteiger partial charge in [-0.25, -0.2) is 0 Å². The predicted molar refractivity (Wildman–Crippen MR) is 89.8 cm³/mol. The van der Waals surface area contributed by atoms with E-state index in [0.29, 0.717) is 11.1 Å². The Morgan fingerprint density at radius 3 is 2.12 bits per heavy atom. The maximum atomic E-state index is 12.9. The number of aliphatic hydroxyl groups is 1. The van der Waals surface area contributed by atoms with Crippen molar-refractivity contribution in [1.29, 1.82) is 0 Å². The van der Waals surface area contributed by atoms with E-state index >= 15 is 0 Å². The van der Waals surface area contributed by atoms with E-state index in [1.807, 2.05) is 0 Å². The van der Waals surface area contributed by atoms with Gasteiger partial charge in [0, 0.05) is 35.1 Å². The van der Waals surface area contributed by atoms with Gasteiger partial charge in [0.1, 0.15) is 17.1 Å². The second kappa shape index (κ2) is 4.72. The number of phenolic OH excluding ortho intramolecular Hbond substituents is 2. The van der Waals surface area contributed by atoms with Crippen molar-refractivity contribution in [2.75, 3.05) is 0 Å². The fourth-order valence-corrected chi connectivity index (χ4v) is 4.40. The van der Waals surface area contributed by atoms with Gasteiger partial charge in [-0.15, -0.1) is 0 Å². The van der Waals surface area contributed by atoms with Crippen LogP contribution in [0.2, 0.25) is 0 Å². The Balaban J connectivity index is 1.77. The summed E-state index contributed by atoms with van der Waals surface area (Å²) in [5.41, 5.74) is 0.111. The number of fused-ring (bicyclic) bond motifs is 4. The highest BCUT2D eigenvalue weighted by atomic mass is 16.6. The average molecular weight is 352 g/mol. The Morgan fingerprint density at radius 2 is 1.58 bits per heavy atom. The van der Waals surface area contributed by atoms with Crippen molar-refractivity contribution in [3.8, 4) is 11.5 Å². The van der Waals surface area contributed by atoms with Crippen LogP contribution in [0.1, 0.15) is 49.9 Å². The number of phenols is 2. The van der Waals surface area contributed by atoms with Crippen LogP contribution in [-0.4, -0.2) is 44.7 Å². The van der Waals surface area contributed by atoms with E-state index in [1.54, 1.807) is 19.1 Å². The molecule has 132 valence electrons. The lowest BCUT2D eigenvalue weighted by Crippen LogP contribution is -2.36. The van der Waals surface area contributed by atoms with E-state index < -0.39 is 23.3 Å². The molecule has 3 aliphatic rings. The fraction of sp³-hybridized carbons (Fsp3) is 0.300. The Kier molecular flexibility index (Phi) is 2.82. The van der Waals surface area contributed by atoms with E-state index in [1.165, 1.54) is 12.1 Å². The first-order valence-electron chi connectivity index (χ1n) is 8.50. The number of aliphatic hydroxyl groups excluding tert-OH is 1. The molecule has 3 atom stereocenters. The molecule has 3 unspecified atom stereocenters. The maximum Gasteiger partial charge on any atom is 0.198 e. The first-order valence-corrected chi connectivity index (χ1v) is 8.50. The van der Waals surface area contributed by atoms with Gasteiger partial charge in [-0.05, 0) is 6.92 Å². The smallest absolute Gasteiger partial charge is 0.198 e. The Morgan fingerprint density at radius 1 is 1.04 bits per heavy atom. The summed E-state index contributed by atoms with van der Waals surface area (Å²) in [5, 5.41) is 31.6. The van der Waals surface area contributed by atoms with E-state index in [4.69, 9.17) is 4.74 Å². The summed E-state index contributed by atoms with van der Waals surface area (Å²) in [5.74, 6) is -1.53. The number of carbonyl (C=O) groups is 2. The highest BCUT2D eigenvalue weighted by molar-refractivity contribution is 6.30. The molecule has 2 aromatic rings. The molecule has 1 fully saturated rings. The second-order valence-corrected chi connectivity index (χ2v) is 7.23. The van der Waals surface area contributed by atoms with Gasteiger partial charge < -0.3 is 20.1 Å². The summed E-state index contributed by atoms with van der Waals surface area (Å²) in [7, 11) is 0. The topological polar surface area (TPSA) is 107 Å². The fourth-order valence-electron chi connectivity index (χ4n) is 4.40. The largest absolute Gasteiger partial charge is 0.507 e. The van der Waals surface area contributed by atoms with E-state index in [0.717, 1.165) is 0 Å². The van der Waals surface area contributed by atoms with Crippen molar-refractivity contribution in [2.45, 2.75) is 37.6 Å². The van der Waals surface area contributed by atoms with Crippen molar-refractivity contribution < 1.29 is 29.6 Å². The van der Waals surface area contributed by atoms with Gasteiger partial charge in [0.15, 0.2) is 11.6 Å². The normalized spacial score (nSPS) is 26.5. The standard InChI is InChI=1S/C20H16O6/c1-8(21)20-7-12-11(6-13(20)26-20)18(24)14-15(19(12)25)17(23)10-5-3-2-4-9(10)16(14)22/h2-5,8,13,21,24-25H,6-7H2,1H3. The molecule has 1 heterocycles. The van der Waals surface area contributed by atoms with Crippen molar-refractivity contribution in [3.05, 3.63) is 57.6 Å². The average Bonchev–Trinajstić information content (AvgIpc) is 3.36. The molecule has 0 amide bonds. The second-order valence-electron chi connectivity index (χ2n) is 7.23. The lowest BCUT2D eigenvalue weighted by atomic mass is 9.75. The van der Waals surface area contributed by atoms with Gasteiger partial charge in [0.05, 0.1) is 23.3 Å². The minimum atomic E-state index is -0.801. The summed E-state index contributed by atoms with van der Waals surface area (Å²) in [4.78, 5) is 25.8. The van der Waals surface area contributed by atoms with Crippen LogP contribution >= 0.6 is 0 Å². The summed E-state index contributed by atoms with van der Waals surface area (Å²) in [6, 6.07) is 6.37. The van der Waals surface area contributed by atoms with Gasteiger partial charge in [0.25, 0.3) is 0 Å². The number of benzene rings is 2. The minimum Gasteiger partial charge on any atom is -0.507 e. The molecule has 1 aliphatic heterocycles. The number of hydrogen-bond donors (Lipinski definition) is 3. The van der Waals surface area contributed by atoms with Crippen LogP contribution in [0, 0.1) is 0 Å². The zero-order chi connectivity index (χ0) is 18.4. The van der Waals surface area contributed by atoms with Crippen molar-refractivity contribution >= 4 is 11.6 Å². The van der Waals surface area contributed by atoms with E-state index in [2.05, 4.69) is 0 Å². The third kappa shape index (κ3) is 1.68. The Labute approximate surface area is 148 Å². The number of hydrogen-bond acceptors (Lipinski definition) is 6. The van der Waals surface area contributed by atoms with Gasteiger partial charge in [0.2, 0.25) is 0 Å². The number of ether oxygens (including phenoxy) is 1. The Bertz CT molecular complexity index is 1020. The molecule has 1 saturated heterocycles. The SMILES string of the molecule is CC(O)C12Cc3c(O)c4c(c(O)c3CC1O2)C(=O)c1ccccc1C4=O. The van der Waals surface area contributed by atoms with Gasteiger partial charge >= 0.3 is 0 Å². The molecular formula is C20H16O6. The van der Waals surface area contributed by atoms with E-state index in [9.17, 15) is 24.9 Å². The number of ketones is 2. The molecular weight excluding hydrogens is 336 g/mol.